The Hall–Kier alpha value is -1.79. The number of aromatic carboxylic acids is 1. The van der Waals surface area contributed by atoms with E-state index in [2.05, 4.69) is 10.2 Å². The summed E-state index contributed by atoms with van der Waals surface area (Å²) in [5.41, 5.74) is 0.672. The summed E-state index contributed by atoms with van der Waals surface area (Å²) in [6.07, 6.45) is 2.15. The molecule has 1 unspecified atom stereocenters. The molecule has 1 rings (SSSR count). The van der Waals surface area contributed by atoms with Crippen molar-refractivity contribution in [3.05, 3.63) is 29.8 Å². The van der Waals surface area contributed by atoms with E-state index in [-0.39, 0.29) is 18.0 Å². The summed E-state index contributed by atoms with van der Waals surface area (Å²) >= 11 is 5.63. The molecular weight excluding hydrogens is 308 g/mol. The van der Waals surface area contributed by atoms with Crippen molar-refractivity contribution in [2.75, 3.05) is 19.6 Å². The van der Waals surface area contributed by atoms with E-state index in [0.717, 1.165) is 12.8 Å². The maximum Gasteiger partial charge on any atom is 0.335 e. The Balaban J connectivity index is 2.73. The first-order chi connectivity index (χ1) is 10.6. The van der Waals surface area contributed by atoms with E-state index in [1.807, 2.05) is 0 Å². The summed E-state index contributed by atoms with van der Waals surface area (Å²) in [6, 6.07) is 5.40. The lowest BCUT2D eigenvalue weighted by atomic mass is 10.1. The average Bonchev–Trinajstić information content (AvgIpc) is 2.51. The molecule has 0 fully saturated rings. The molecule has 0 saturated carbocycles. The number of azo groups is 1. The van der Waals surface area contributed by atoms with Gasteiger partial charge in [-0.1, -0.05) is 0 Å². The normalized spacial score (nSPS) is 12.5. The number of Topliss-reactive ketones (excluding diaryl/α,β-unsaturated/α-hetero) is 1. The number of benzene rings is 1. The third-order valence-corrected chi connectivity index (χ3v) is 3.21. The molecule has 0 aliphatic carbocycles. The fraction of sp³-hybridized carbons (Fsp3) is 0.467. The molecule has 22 heavy (non-hydrogen) atoms. The van der Waals surface area contributed by atoms with Crippen LogP contribution in [0.25, 0.3) is 0 Å². The molecule has 0 saturated heterocycles. The van der Waals surface area contributed by atoms with Crippen LogP contribution < -0.4 is 0 Å². The molecule has 0 spiro atoms. The number of alkyl halides is 1. The molecule has 0 aliphatic rings. The zero-order valence-corrected chi connectivity index (χ0v) is 13.1. The van der Waals surface area contributed by atoms with Crippen molar-refractivity contribution in [3.8, 4) is 0 Å². The number of halogens is 1. The number of ether oxygens (including phenoxy) is 1. The number of methoxy groups -OCH3 is 1. The first-order valence-electron chi connectivity index (χ1n) is 6.90. The Bertz CT molecular complexity index is 517. The predicted molar refractivity (Wildman–Crippen MR) is 83.2 cm³/mol. The van der Waals surface area contributed by atoms with Gasteiger partial charge in [0.15, 0.2) is 5.78 Å². The van der Waals surface area contributed by atoms with Crippen molar-refractivity contribution in [2.24, 2.45) is 10.2 Å². The van der Waals surface area contributed by atoms with Crippen LogP contribution in [0.3, 0.4) is 0 Å². The summed E-state index contributed by atoms with van der Waals surface area (Å²) in [5.74, 6) is -0.598. The van der Waals surface area contributed by atoms with Crippen LogP contribution in [0.1, 0.15) is 29.6 Å². The van der Waals surface area contributed by atoms with E-state index in [0.29, 0.717) is 18.0 Å². The monoisotopic (exact) mass is 326 g/mol. The van der Waals surface area contributed by atoms with Crippen LogP contribution in [0.5, 0.6) is 0 Å². The minimum atomic E-state index is -1.00. The van der Waals surface area contributed by atoms with E-state index in [1.165, 1.54) is 19.2 Å². The van der Waals surface area contributed by atoms with Crippen LogP contribution >= 0.6 is 11.6 Å². The van der Waals surface area contributed by atoms with Gasteiger partial charge in [-0.05, 0) is 43.5 Å². The lowest BCUT2D eigenvalue weighted by Gasteiger charge is -2.09. The highest BCUT2D eigenvalue weighted by molar-refractivity contribution is 6.17. The number of ketones is 1. The highest BCUT2D eigenvalue weighted by Crippen LogP contribution is 2.16. The highest BCUT2D eigenvalue weighted by atomic mass is 35.5. The van der Waals surface area contributed by atoms with Gasteiger partial charge in [0.25, 0.3) is 0 Å². The van der Waals surface area contributed by atoms with Gasteiger partial charge in [0.2, 0.25) is 0 Å². The second-order valence-electron chi connectivity index (χ2n) is 4.67. The Kier molecular flexibility index (Phi) is 8.32. The number of nitrogens with zero attached hydrogens (tertiary/aromatic N) is 2. The van der Waals surface area contributed by atoms with E-state index in [4.69, 9.17) is 21.4 Å². The zero-order valence-electron chi connectivity index (χ0n) is 12.4. The quantitative estimate of drug-likeness (QED) is 0.405. The van der Waals surface area contributed by atoms with E-state index in [9.17, 15) is 9.59 Å². The summed E-state index contributed by atoms with van der Waals surface area (Å²) in [7, 11) is 1.45. The van der Waals surface area contributed by atoms with E-state index >= 15 is 0 Å². The Labute approximate surface area is 134 Å². The van der Waals surface area contributed by atoms with Gasteiger partial charge in [0, 0.05) is 13.0 Å². The number of unbranched alkanes of at least 4 members (excludes halogenated alkanes) is 1. The van der Waals surface area contributed by atoms with Crippen LogP contribution in [0, 0.1) is 0 Å². The number of carbonyl (C=O) groups is 2. The molecule has 7 heteroatoms. The van der Waals surface area contributed by atoms with Gasteiger partial charge in [0.05, 0.1) is 11.3 Å². The fourth-order valence-corrected chi connectivity index (χ4v) is 1.95. The lowest BCUT2D eigenvalue weighted by molar-refractivity contribution is -0.124. The van der Waals surface area contributed by atoms with Gasteiger partial charge in [-0.2, -0.15) is 10.2 Å². The first-order valence-corrected chi connectivity index (χ1v) is 7.43. The molecule has 6 nitrogen and oxygen atoms in total. The van der Waals surface area contributed by atoms with Crippen molar-refractivity contribution >= 4 is 29.0 Å². The number of carbonyl (C=O) groups excluding carboxylic acids is 1. The summed E-state index contributed by atoms with van der Waals surface area (Å²) in [5, 5.41) is 16.9. The second-order valence-corrected chi connectivity index (χ2v) is 5.05. The Morgan fingerprint density at radius 1 is 1.27 bits per heavy atom. The first kappa shape index (κ1) is 18.3. The van der Waals surface area contributed by atoms with Crippen LogP contribution in [0.4, 0.5) is 5.69 Å². The van der Waals surface area contributed by atoms with Gasteiger partial charge in [-0.25, -0.2) is 4.79 Å². The van der Waals surface area contributed by atoms with Gasteiger partial charge in [-0.3, -0.25) is 4.79 Å². The van der Waals surface area contributed by atoms with Crippen molar-refractivity contribution < 1.29 is 19.4 Å². The molecule has 1 aromatic carbocycles. The second kappa shape index (κ2) is 10.0. The number of rotatable bonds is 10. The van der Waals surface area contributed by atoms with Crippen molar-refractivity contribution in [1.82, 2.24) is 0 Å². The summed E-state index contributed by atoms with van der Waals surface area (Å²) in [4.78, 5) is 22.7. The molecule has 0 bridgehead atoms. The number of carboxylic acid groups (broad SMARTS) is 1. The van der Waals surface area contributed by atoms with E-state index < -0.39 is 12.0 Å². The summed E-state index contributed by atoms with van der Waals surface area (Å²) in [6.45, 7) is -0.0114. The Morgan fingerprint density at radius 3 is 2.50 bits per heavy atom. The van der Waals surface area contributed by atoms with Crippen LogP contribution in [-0.2, 0) is 9.53 Å². The molecule has 1 N–H and O–H groups in total. The van der Waals surface area contributed by atoms with Gasteiger partial charge >= 0.3 is 5.97 Å². The lowest BCUT2D eigenvalue weighted by Crippen LogP contribution is -2.22. The van der Waals surface area contributed by atoms with E-state index in [1.54, 1.807) is 12.1 Å². The van der Waals surface area contributed by atoms with Gasteiger partial charge in [0.1, 0.15) is 12.6 Å². The number of hydrogen-bond acceptors (Lipinski definition) is 5. The smallest absolute Gasteiger partial charge is 0.335 e. The molecule has 1 atom stereocenters. The van der Waals surface area contributed by atoms with Crippen LogP contribution in [-0.4, -0.2) is 42.5 Å². The van der Waals surface area contributed by atoms with Gasteiger partial charge in [-0.15, -0.1) is 11.6 Å². The largest absolute Gasteiger partial charge is 0.478 e. The minimum absolute atomic E-state index is 0.0114. The predicted octanol–water partition coefficient (Wildman–Crippen LogP) is 3.46. The molecule has 0 amide bonds. The third kappa shape index (κ3) is 6.32. The topological polar surface area (TPSA) is 88.3 Å². The van der Waals surface area contributed by atoms with Crippen molar-refractivity contribution in [2.45, 2.75) is 25.3 Å². The third-order valence-electron chi connectivity index (χ3n) is 2.95. The number of hydrogen-bond donors (Lipinski definition) is 1. The fourth-order valence-electron chi connectivity index (χ4n) is 1.76. The maximum atomic E-state index is 11.9. The minimum Gasteiger partial charge on any atom is -0.478 e. The standard InChI is InChI=1S/C15H19ClN2O4/c1-22-10-14(19)13(4-2-3-9-16)18-17-12-7-5-11(6-8-12)15(20)21/h5-8,13H,2-4,9-10H2,1H3,(H,20,21). The molecule has 0 radical (unpaired) electrons. The molecule has 1 aromatic rings. The van der Waals surface area contributed by atoms with Crippen LogP contribution in [0.2, 0.25) is 0 Å². The highest BCUT2D eigenvalue weighted by Gasteiger charge is 2.17. The maximum absolute atomic E-state index is 11.9. The van der Waals surface area contributed by atoms with Gasteiger partial charge < -0.3 is 9.84 Å². The average molecular weight is 327 g/mol. The van der Waals surface area contributed by atoms with Crippen molar-refractivity contribution in [3.63, 3.8) is 0 Å². The molecule has 0 aliphatic heterocycles. The number of carboxylic acids is 1. The molecule has 120 valence electrons. The SMILES string of the molecule is COCC(=O)C(CCCCCl)N=Nc1ccc(C(=O)O)cc1. The Morgan fingerprint density at radius 2 is 1.95 bits per heavy atom. The van der Waals surface area contributed by atoms with Crippen LogP contribution in [0.15, 0.2) is 34.5 Å². The molecule has 0 aromatic heterocycles. The summed E-state index contributed by atoms with van der Waals surface area (Å²) < 4.78 is 4.84. The molecular formula is C15H19ClN2O4. The molecule has 0 heterocycles. The van der Waals surface area contributed by atoms with Crippen molar-refractivity contribution in [1.29, 1.82) is 0 Å². The zero-order chi connectivity index (χ0) is 16.4.